The van der Waals surface area contributed by atoms with Crippen LogP contribution in [0, 0.1) is 0 Å². The SMILES string of the molecule is COC(=O)c1cn2cc(C3CCOC3)nc2s1. The third kappa shape index (κ3) is 1.83. The fraction of sp³-hybridized carbons (Fsp3) is 0.455. The Morgan fingerprint density at radius 2 is 2.53 bits per heavy atom. The molecule has 0 bridgehead atoms. The Hall–Kier alpha value is -1.40. The Morgan fingerprint density at radius 3 is 3.18 bits per heavy atom. The fourth-order valence-electron chi connectivity index (χ4n) is 1.97. The highest BCUT2D eigenvalue weighted by atomic mass is 32.1. The van der Waals surface area contributed by atoms with E-state index in [0.717, 1.165) is 30.3 Å². The van der Waals surface area contributed by atoms with Gasteiger partial charge < -0.3 is 9.47 Å². The van der Waals surface area contributed by atoms with Crippen LogP contribution in [0.2, 0.25) is 0 Å². The first-order valence-corrected chi connectivity index (χ1v) is 6.24. The van der Waals surface area contributed by atoms with Crippen LogP contribution in [0.15, 0.2) is 12.4 Å². The number of nitrogens with zero attached hydrogens (tertiary/aromatic N) is 2. The Morgan fingerprint density at radius 1 is 1.65 bits per heavy atom. The number of hydrogen-bond acceptors (Lipinski definition) is 5. The second-order valence-electron chi connectivity index (χ2n) is 4.00. The van der Waals surface area contributed by atoms with Crippen LogP contribution in [0.1, 0.15) is 27.7 Å². The van der Waals surface area contributed by atoms with Crippen LogP contribution in [0.5, 0.6) is 0 Å². The quantitative estimate of drug-likeness (QED) is 0.763. The number of hydrogen-bond donors (Lipinski definition) is 0. The number of thiazole rings is 1. The predicted molar refractivity (Wildman–Crippen MR) is 62.6 cm³/mol. The lowest BCUT2D eigenvalue weighted by molar-refractivity contribution is 0.0606. The van der Waals surface area contributed by atoms with E-state index in [9.17, 15) is 4.79 Å². The molecule has 1 unspecified atom stereocenters. The van der Waals surface area contributed by atoms with Crippen molar-refractivity contribution in [2.45, 2.75) is 12.3 Å². The molecule has 90 valence electrons. The Kier molecular flexibility index (Phi) is 2.60. The third-order valence-corrected chi connectivity index (χ3v) is 3.89. The molecule has 1 fully saturated rings. The van der Waals surface area contributed by atoms with Gasteiger partial charge in [0.2, 0.25) is 0 Å². The molecular weight excluding hydrogens is 240 g/mol. The molecule has 0 amide bonds. The molecule has 0 aliphatic carbocycles. The fourth-order valence-corrected chi connectivity index (χ4v) is 2.86. The summed E-state index contributed by atoms with van der Waals surface area (Å²) in [6, 6.07) is 0. The van der Waals surface area contributed by atoms with Gasteiger partial charge in [-0.3, -0.25) is 4.40 Å². The molecular formula is C11H12N2O3S. The van der Waals surface area contributed by atoms with E-state index in [-0.39, 0.29) is 5.97 Å². The summed E-state index contributed by atoms with van der Waals surface area (Å²) in [6.45, 7) is 1.55. The van der Waals surface area contributed by atoms with Gasteiger partial charge in [-0.15, -0.1) is 0 Å². The van der Waals surface area contributed by atoms with Crippen molar-refractivity contribution in [2.24, 2.45) is 0 Å². The first kappa shape index (κ1) is 10.7. The third-order valence-electron chi connectivity index (χ3n) is 2.91. The van der Waals surface area contributed by atoms with E-state index >= 15 is 0 Å². The number of fused-ring (bicyclic) bond motifs is 1. The van der Waals surface area contributed by atoms with Crippen LogP contribution in [0.4, 0.5) is 0 Å². The van der Waals surface area contributed by atoms with Crippen LogP contribution in [0.25, 0.3) is 4.96 Å². The monoisotopic (exact) mass is 252 g/mol. The average molecular weight is 252 g/mol. The maximum Gasteiger partial charge on any atom is 0.349 e. The summed E-state index contributed by atoms with van der Waals surface area (Å²) in [6.07, 6.45) is 4.75. The smallest absolute Gasteiger partial charge is 0.349 e. The number of aromatic nitrogens is 2. The van der Waals surface area contributed by atoms with E-state index in [1.165, 1.54) is 18.4 Å². The lowest BCUT2D eigenvalue weighted by Crippen LogP contribution is -1.98. The zero-order valence-electron chi connectivity index (χ0n) is 9.38. The number of imidazole rings is 1. The van der Waals surface area contributed by atoms with Gasteiger partial charge in [0.15, 0.2) is 4.96 Å². The van der Waals surface area contributed by atoms with Crippen LogP contribution in [-0.2, 0) is 9.47 Å². The lowest BCUT2D eigenvalue weighted by atomic mass is 10.1. The summed E-state index contributed by atoms with van der Waals surface area (Å²) in [5, 5.41) is 0. The number of carbonyl (C=O) groups excluding carboxylic acids is 1. The molecule has 1 aliphatic rings. The van der Waals surface area contributed by atoms with Crippen LogP contribution >= 0.6 is 11.3 Å². The maximum absolute atomic E-state index is 11.3. The number of methoxy groups -OCH3 is 1. The van der Waals surface area contributed by atoms with Gasteiger partial charge in [-0.1, -0.05) is 11.3 Å². The Balaban J connectivity index is 1.93. The largest absolute Gasteiger partial charge is 0.465 e. The first-order valence-electron chi connectivity index (χ1n) is 5.42. The summed E-state index contributed by atoms with van der Waals surface area (Å²) in [5.41, 5.74) is 1.05. The van der Waals surface area contributed by atoms with Crippen molar-refractivity contribution >= 4 is 22.3 Å². The van der Waals surface area contributed by atoms with Gasteiger partial charge in [0, 0.05) is 24.9 Å². The highest BCUT2D eigenvalue weighted by Crippen LogP contribution is 2.27. The highest BCUT2D eigenvalue weighted by molar-refractivity contribution is 7.18. The minimum Gasteiger partial charge on any atom is -0.465 e. The summed E-state index contributed by atoms with van der Waals surface area (Å²) in [5.74, 6) is 0.0786. The van der Waals surface area contributed by atoms with Crippen molar-refractivity contribution in [3.63, 3.8) is 0 Å². The normalized spacial score (nSPS) is 19.9. The lowest BCUT2D eigenvalue weighted by Gasteiger charge is -2.00. The maximum atomic E-state index is 11.3. The highest BCUT2D eigenvalue weighted by Gasteiger charge is 2.21. The molecule has 0 N–H and O–H groups in total. The van der Waals surface area contributed by atoms with Crippen LogP contribution < -0.4 is 0 Å². The molecule has 3 rings (SSSR count). The molecule has 17 heavy (non-hydrogen) atoms. The van der Waals surface area contributed by atoms with E-state index in [1.54, 1.807) is 6.20 Å². The summed E-state index contributed by atoms with van der Waals surface area (Å²) < 4.78 is 11.9. The molecule has 2 aromatic rings. The molecule has 1 saturated heterocycles. The van der Waals surface area contributed by atoms with Crippen LogP contribution in [-0.4, -0.2) is 35.7 Å². The molecule has 5 nitrogen and oxygen atoms in total. The van der Waals surface area contributed by atoms with Gasteiger partial charge in [-0.05, 0) is 6.42 Å². The number of rotatable bonds is 2. The van der Waals surface area contributed by atoms with Crippen LogP contribution in [0.3, 0.4) is 0 Å². The molecule has 3 heterocycles. The van der Waals surface area contributed by atoms with Crippen molar-refractivity contribution < 1.29 is 14.3 Å². The summed E-state index contributed by atoms with van der Waals surface area (Å²) in [4.78, 5) is 17.3. The standard InChI is InChI=1S/C11H12N2O3S/c1-15-10(14)9-5-13-4-8(12-11(13)17-9)7-2-3-16-6-7/h4-5,7H,2-3,6H2,1H3. The van der Waals surface area contributed by atoms with Crippen molar-refractivity contribution in [2.75, 3.05) is 20.3 Å². The molecule has 6 heteroatoms. The van der Waals surface area contributed by atoms with Crippen molar-refractivity contribution in [3.8, 4) is 0 Å². The van der Waals surface area contributed by atoms with Crippen molar-refractivity contribution in [1.29, 1.82) is 0 Å². The number of carbonyl (C=O) groups is 1. The van der Waals surface area contributed by atoms with E-state index < -0.39 is 0 Å². The Labute approximate surface area is 102 Å². The predicted octanol–water partition coefficient (Wildman–Crippen LogP) is 1.69. The second-order valence-corrected chi connectivity index (χ2v) is 5.01. The minimum absolute atomic E-state index is 0.314. The minimum atomic E-state index is -0.314. The first-order chi connectivity index (χ1) is 8.28. The number of ether oxygens (including phenoxy) is 2. The molecule has 0 radical (unpaired) electrons. The molecule has 0 spiro atoms. The van der Waals surface area contributed by atoms with Gasteiger partial charge >= 0.3 is 5.97 Å². The van der Waals surface area contributed by atoms with E-state index in [1.807, 2.05) is 10.6 Å². The van der Waals surface area contributed by atoms with E-state index in [0.29, 0.717) is 10.8 Å². The zero-order valence-corrected chi connectivity index (χ0v) is 10.2. The van der Waals surface area contributed by atoms with Gasteiger partial charge in [-0.25, -0.2) is 9.78 Å². The molecule has 0 saturated carbocycles. The second kappa shape index (κ2) is 4.12. The molecule has 1 atom stereocenters. The van der Waals surface area contributed by atoms with Gasteiger partial charge in [-0.2, -0.15) is 0 Å². The van der Waals surface area contributed by atoms with Crippen molar-refractivity contribution in [3.05, 3.63) is 23.0 Å². The zero-order chi connectivity index (χ0) is 11.8. The molecule has 0 aromatic carbocycles. The van der Waals surface area contributed by atoms with Gasteiger partial charge in [0.1, 0.15) is 4.88 Å². The number of esters is 1. The topological polar surface area (TPSA) is 52.8 Å². The van der Waals surface area contributed by atoms with E-state index in [2.05, 4.69) is 9.72 Å². The summed E-state index contributed by atoms with van der Waals surface area (Å²) >= 11 is 1.35. The summed E-state index contributed by atoms with van der Waals surface area (Å²) in [7, 11) is 1.38. The Bertz CT molecular complexity index is 523. The van der Waals surface area contributed by atoms with Crippen molar-refractivity contribution in [1.82, 2.24) is 9.38 Å². The van der Waals surface area contributed by atoms with Gasteiger partial charge in [0.05, 0.1) is 19.4 Å². The molecule has 1 aliphatic heterocycles. The van der Waals surface area contributed by atoms with E-state index in [4.69, 9.17) is 4.74 Å². The average Bonchev–Trinajstić information content (AvgIpc) is 3.01. The van der Waals surface area contributed by atoms with Gasteiger partial charge in [0.25, 0.3) is 0 Å². The molecule has 2 aromatic heterocycles.